The van der Waals surface area contributed by atoms with Crippen molar-refractivity contribution in [3.63, 3.8) is 0 Å². The molecular formula is C20H24N4O2S. The quantitative estimate of drug-likeness (QED) is 0.459. The van der Waals surface area contributed by atoms with E-state index in [4.69, 9.17) is 10.00 Å². The number of hydrogen-bond donors (Lipinski definition) is 0. The fourth-order valence-electron chi connectivity index (χ4n) is 2.72. The van der Waals surface area contributed by atoms with Gasteiger partial charge in [0.2, 0.25) is 0 Å². The SMILES string of the molecule is CCN(CCC#N)c1ccc(N=Nc2sc(C)c(C)c2C(=O)OC)c(C)c1. The summed E-state index contributed by atoms with van der Waals surface area (Å²) in [6, 6.07) is 8.12. The van der Waals surface area contributed by atoms with Gasteiger partial charge in [-0.3, -0.25) is 0 Å². The van der Waals surface area contributed by atoms with Gasteiger partial charge in [0.1, 0.15) is 5.56 Å². The Morgan fingerprint density at radius 1 is 1.30 bits per heavy atom. The number of rotatable bonds is 7. The first-order chi connectivity index (χ1) is 12.9. The van der Waals surface area contributed by atoms with Crippen LogP contribution in [0.1, 0.15) is 39.7 Å². The number of carbonyl (C=O) groups excluding carboxylic acids is 1. The zero-order valence-corrected chi connectivity index (χ0v) is 17.2. The Morgan fingerprint density at radius 2 is 2.04 bits per heavy atom. The second-order valence-corrected chi connectivity index (χ2v) is 7.32. The molecule has 1 aromatic heterocycles. The number of benzene rings is 1. The predicted octanol–water partition coefficient (Wildman–Crippen LogP) is 5.62. The first-order valence-corrected chi connectivity index (χ1v) is 9.57. The standard InChI is InChI=1S/C20H24N4O2S/c1-6-24(11-7-10-21)16-8-9-17(13(2)12-16)22-23-19-18(20(25)26-5)14(3)15(4)27-19/h8-9,12H,6-7,11H2,1-5H3. The minimum absolute atomic E-state index is 0.394. The number of azo groups is 1. The molecule has 0 aliphatic heterocycles. The van der Waals surface area contributed by atoms with Crippen LogP contribution < -0.4 is 4.90 Å². The first kappa shape index (κ1) is 20.6. The van der Waals surface area contributed by atoms with Gasteiger partial charge < -0.3 is 9.64 Å². The molecule has 0 aliphatic rings. The average molecular weight is 385 g/mol. The zero-order chi connectivity index (χ0) is 20.0. The monoisotopic (exact) mass is 384 g/mol. The number of aryl methyl sites for hydroxylation is 2. The molecule has 0 spiro atoms. The van der Waals surface area contributed by atoms with Gasteiger partial charge in [-0.05, 0) is 57.0 Å². The summed E-state index contributed by atoms with van der Waals surface area (Å²) < 4.78 is 4.87. The molecule has 1 aromatic carbocycles. The highest BCUT2D eigenvalue weighted by Gasteiger charge is 2.20. The molecule has 27 heavy (non-hydrogen) atoms. The van der Waals surface area contributed by atoms with E-state index >= 15 is 0 Å². The van der Waals surface area contributed by atoms with Crippen molar-refractivity contribution in [2.24, 2.45) is 10.2 Å². The van der Waals surface area contributed by atoms with Crippen LogP contribution in [0.3, 0.4) is 0 Å². The molecule has 2 aromatic rings. The molecule has 0 unspecified atom stereocenters. The topological polar surface area (TPSA) is 78.0 Å². The van der Waals surface area contributed by atoms with Gasteiger partial charge in [0.15, 0.2) is 5.00 Å². The molecule has 0 atom stereocenters. The van der Waals surface area contributed by atoms with E-state index in [1.165, 1.54) is 18.4 Å². The lowest BCUT2D eigenvalue weighted by atomic mass is 10.1. The molecule has 0 saturated heterocycles. The minimum Gasteiger partial charge on any atom is -0.465 e. The van der Waals surface area contributed by atoms with Crippen molar-refractivity contribution in [2.75, 3.05) is 25.1 Å². The van der Waals surface area contributed by atoms with Gasteiger partial charge in [-0.2, -0.15) is 5.26 Å². The largest absolute Gasteiger partial charge is 0.465 e. The van der Waals surface area contributed by atoms with Crippen LogP contribution in [0.5, 0.6) is 0 Å². The highest BCUT2D eigenvalue weighted by atomic mass is 32.1. The van der Waals surface area contributed by atoms with E-state index in [1.54, 1.807) is 0 Å². The number of nitriles is 1. The van der Waals surface area contributed by atoms with E-state index in [9.17, 15) is 4.79 Å². The Bertz CT molecular complexity index is 896. The van der Waals surface area contributed by atoms with Crippen LogP contribution in [-0.4, -0.2) is 26.2 Å². The summed E-state index contributed by atoms with van der Waals surface area (Å²) in [5.41, 5.74) is 4.14. The third-order valence-electron chi connectivity index (χ3n) is 4.43. The number of carbonyl (C=O) groups is 1. The Hall–Kier alpha value is -2.72. The molecule has 6 nitrogen and oxygen atoms in total. The predicted molar refractivity (Wildman–Crippen MR) is 109 cm³/mol. The van der Waals surface area contributed by atoms with Gasteiger partial charge in [-0.25, -0.2) is 4.79 Å². The highest BCUT2D eigenvalue weighted by molar-refractivity contribution is 7.16. The summed E-state index contributed by atoms with van der Waals surface area (Å²) in [6.07, 6.45) is 0.488. The smallest absolute Gasteiger partial charge is 0.341 e. The summed E-state index contributed by atoms with van der Waals surface area (Å²) in [6.45, 7) is 9.41. The summed E-state index contributed by atoms with van der Waals surface area (Å²) in [5.74, 6) is -0.394. The number of nitrogens with zero attached hydrogens (tertiary/aromatic N) is 4. The maximum atomic E-state index is 12.0. The molecule has 0 fully saturated rings. The van der Waals surface area contributed by atoms with Crippen molar-refractivity contribution in [3.05, 3.63) is 39.8 Å². The Balaban J connectivity index is 2.30. The third kappa shape index (κ3) is 4.72. The van der Waals surface area contributed by atoms with Crippen LogP contribution in [0.15, 0.2) is 28.4 Å². The normalized spacial score (nSPS) is 10.8. The maximum Gasteiger partial charge on any atom is 0.341 e. The highest BCUT2D eigenvalue weighted by Crippen LogP contribution is 2.37. The number of methoxy groups -OCH3 is 1. The summed E-state index contributed by atoms with van der Waals surface area (Å²) in [5, 5.41) is 18.0. The van der Waals surface area contributed by atoms with Crippen molar-refractivity contribution in [1.82, 2.24) is 0 Å². The molecule has 0 bridgehead atoms. The lowest BCUT2D eigenvalue weighted by molar-refractivity contribution is 0.0601. The number of esters is 1. The lowest BCUT2D eigenvalue weighted by Crippen LogP contribution is -2.23. The summed E-state index contributed by atoms with van der Waals surface area (Å²) in [4.78, 5) is 15.2. The molecule has 0 radical (unpaired) electrons. The molecule has 1 heterocycles. The van der Waals surface area contributed by atoms with Crippen molar-refractivity contribution < 1.29 is 9.53 Å². The minimum atomic E-state index is -0.394. The fourth-order valence-corrected chi connectivity index (χ4v) is 3.69. The number of thiophene rings is 1. The molecular weight excluding hydrogens is 360 g/mol. The van der Waals surface area contributed by atoms with E-state index in [-0.39, 0.29) is 0 Å². The van der Waals surface area contributed by atoms with Crippen molar-refractivity contribution in [2.45, 2.75) is 34.1 Å². The van der Waals surface area contributed by atoms with E-state index in [0.29, 0.717) is 23.5 Å². The molecule has 2 rings (SSSR count). The van der Waals surface area contributed by atoms with E-state index in [2.05, 4.69) is 28.1 Å². The molecule has 0 aliphatic carbocycles. The zero-order valence-electron chi connectivity index (χ0n) is 16.4. The van der Waals surface area contributed by atoms with Crippen molar-refractivity contribution >= 4 is 33.7 Å². The third-order valence-corrected chi connectivity index (χ3v) is 5.52. The van der Waals surface area contributed by atoms with Gasteiger partial charge in [0, 0.05) is 23.7 Å². The molecule has 142 valence electrons. The van der Waals surface area contributed by atoms with Crippen LogP contribution >= 0.6 is 11.3 Å². The van der Waals surface area contributed by atoms with Crippen molar-refractivity contribution in [3.8, 4) is 6.07 Å². The Morgan fingerprint density at radius 3 is 2.63 bits per heavy atom. The van der Waals surface area contributed by atoms with E-state index < -0.39 is 5.97 Å². The number of anilines is 1. The number of ether oxygens (including phenoxy) is 1. The lowest BCUT2D eigenvalue weighted by Gasteiger charge is -2.22. The van der Waals surface area contributed by atoms with Gasteiger partial charge >= 0.3 is 5.97 Å². The van der Waals surface area contributed by atoms with Gasteiger partial charge in [0.05, 0.1) is 25.3 Å². The fraction of sp³-hybridized carbons (Fsp3) is 0.400. The molecule has 0 saturated carbocycles. The van der Waals surface area contributed by atoms with Gasteiger partial charge in [0.25, 0.3) is 0 Å². The maximum absolute atomic E-state index is 12.0. The second kappa shape index (κ2) is 9.28. The Labute approximate surface area is 164 Å². The molecule has 0 N–H and O–H groups in total. The van der Waals surface area contributed by atoms with Crippen LogP contribution in [-0.2, 0) is 4.74 Å². The van der Waals surface area contributed by atoms with E-state index in [1.807, 2.05) is 39.0 Å². The summed E-state index contributed by atoms with van der Waals surface area (Å²) >= 11 is 1.43. The van der Waals surface area contributed by atoms with Gasteiger partial charge in [-0.15, -0.1) is 21.6 Å². The van der Waals surface area contributed by atoms with Crippen LogP contribution in [0, 0.1) is 32.1 Å². The van der Waals surface area contributed by atoms with Crippen LogP contribution in [0.4, 0.5) is 16.4 Å². The average Bonchev–Trinajstić information content (AvgIpc) is 2.95. The Kier molecular flexibility index (Phi) is 7.08. The molecule has 0 amide bonds. The summed E-state index contributed by atoms with van der Waals surface area (Å²) in [7, 11) is 1.37. The second-order valence-electron chi connectivity index (χ2n) is 6.11. The number of hydrogen-bond acceptors (Lipinski definition) is 7. The van der Waals surface area contributed by atoms with E-state index in [0.717, 1.165) is 33.9 Å². The van der Waals surface area contributed by atoms with Crippen LogP contribution in [0.25, 0.3) is 0 Å². The molecule has 7 heteroatoms. The van der Waals surface area contributed by atoms with Gasteiger partial charge in [-0.1, -0.05) is 0 Å². The first-order valence-electron chi connectivity index (χ1n) is 8.75. The van der Waals surface area contributed by atoms with Crippen molar-refractivity contribution in [1.29, 1.82) is 5.26 Å². The van der Waals surface area contributed by atoms with Crippen LogP contribution in [0.2, 0.25) is 0 Å².